The first-order valence-corrected chi connectivity index (χ1v) is 6.59. The van der Waals surface area contributed by atoms with Crippen molar-refractivity contribution >= 4 is 35.2 Å². The molecule has 1 aromatic heterocycles. The molecule has 1 heterocycles. The Morgan fingerprint density at radius 3 is 2.60 bits per heavy atom. The van der Waals surface area contributed by atoms with E-state index in [4.69, 9.17) is 28.3 Å². The van der Waals surface area contributed by atoms with E-state index in [1.54, 1.807) is 29.8 Å². The van der Waals surface area contributed by atoms with Crippen molar-refractivity contribution < 1.29 is 9.90 Å². The summed E-state index contributed by atoms with van der Waals surface area (Å²) in [7, 11) is 0. The number of aliphatic carboxylic acids is 1. The molecular formula is C14H12Cl2N2O2. The van der Waals surface area contributed by atoms with Crippen molar-refractivity contribution in [3.05, 3.63) is 51.3 Å². The molecule has 2 aromatic rings. The third kappa shape index (κ3) is 2.71. The number of carboxylic acids is 1. The van der Waals surface area contributed by atoms with Gasteiger partial charge in [0.25, 0.3) is 0 Å². The number of hydrogen-bond donors (Lipinski definition) is 1. The summed E-state index contributed by atoms with van der Waals surface area (Å²) in [6.07, 6.45) is 2.54. The van der Waals surface area contributed by atoms with Crippen molar-refractivity contribution in [2.24, 2.45) is 0 Å². The molecule has 0 fully saturated rings. The lowest BCUT2D eigenvalue weighted by Gasteiger charge is -2.10. The molecule has 0 saturated carbocycles. The molecular weight excluding hydrogens is 299 g/mol. The molecule has 6 heteroatoms. The Labute approximate surface area is 126 Å². The number of carbonyl (C=O) groups is 1. The molecule has 4 nitrogen and oxygen atoms in total. The molecule has 20 heavy (non-hydrogen) atoms. The molecule has 1 aromatic carbocycles. The van der Waals surface area contributed by atoms with Gasteiger partial charge < -0.3 is 5.11 Å². The Balaban J connectivity index is 2.66. The summed E-state index contributed by atoms with van der Waals surface area (Å²) in [5.74, 6) is -1.03. The first kappa shape index (κ1) is 14.6. The molecule has 104 valence electrons. The van der Waals surface area contributed by atoms with Gasteiger partial charge in [0.2, 0.25) is 0 Å². The second-order valence-electron chi connectivity index (χ2n) is 4.25. The van der Waals surface area contributed by atoms with Gasteiger partial charge in [0, 0.05) is 11.6 Å². The minimum absolute atomic E-state index is 0.472. The monoisotopic (exact) mass is 310 g/mol. The van der Waals surface area contributed by atoms with Gasteiger partial charge in [-0.1, -0.05) is 35.3 Å². The van der Waals surface area contributed by atoms with Crippen LogP contribution in [0.1, 0.15) is 17.0 Å². The van der Waals surface area contributed by atoms with Crippen LogP contribution in [0.3, 0.4) is 0 Å². The predicted octanol–water partition coefficient (Wildman–Crippen LogP) is 3.89. The van der Waals surface area contributed by atoms with E-state index in [-0.39, 0.29) is 0 Å². The topological polar surface area (TPSA) is 55.1 Å². The van der Waals surface area contributed by atoms with Crippen LogP contribution in [-0.2, 0) is 4.79 Å². The maximum atomic E-state index is 10.7. The second-order valence-corrected chi connectivity index (χ2v) is 5.03. The van der Waals surface area contributed by atoms with Crippen molar-refractivity contribution in [3.63, 3.8) is 0 Å². The zero-order chi connectivity index (χ0) is 14.9. The first-order chi connectivity index (χ1) is 9.41. The highest BCUT2D eigenvalue weighted by molar-refractivity contribution is 6.33. The highest BCUT2D eigenvalue weighted by atomic mass is 35.5. The van der Waals surface area contributed by atoms with E-state index in [0.717, 1.165) is 11.8 Å². The van der Waals surface area contributed by atoms with Crippen LogP contribution in [0.4, 0.5) is 0 Å². The van der Waals surface area contributed by atoms with Crippen LogP contribution in [0, 0.1) is 13.8 Å². The maximum Gasteiger partial charge on any atom is 0.328 e. The van der Waals surface area contributed by atoms with Gasteiger partial charge in [-0.15, -0.1) is 0 Å². The van der Waals surface area contributed by atoms with E-state index >= 15 is 0 Å². The van der Waals surface area contributed by atoms with E-state index in [2.05, 4.69) is 5.10 Å². The number of aromatic nitrogens is 2. The summed E-state index contributed by atoms with van der Waals surface area (Å²) in [5, 5.41) is 14.1. The van der Waals surface area contributed by atoms with Gasteiger partial charge in [-0.25, -0.2) is 9.48 Å². The number of benzene rings is 1. The molecule has 0 saturated heterocycles. The van der Waals surface area contributed by atoms with Crippen molar-refractivity contribution in [2.75, 3.05) is 0 Å². The fourth-order valence-electron chi connectivity index (χ4n) is 1.89. The summed E-state index contributed by atoms with van der Waals surface area (Å²) in [6.45, 7) is 3.63. The van der Waals surface area contributed by atoms with Gasteiger partial charge in [-0.05, 0) is 26.0 Å². The number of rotatable bonds is 3. The summed E-state index contributed by atoms with van der Waals surface area (Å²) >= 11 is 12.4. The van der Waals surface area contributed by atoms with Crippen LogP contribution >= 0.6 is 23.2 Å². The highest BCUT2D eigenvalue weighted by Crippen LogP contribution is 2.29. The molecule has 0 aliphatic rings. The van der Waals surface area contributed by atoms with Gasteiger partial charge in [0.1, 0.15) is 0 Å². The quantitative estimate of drug-likeness (QED) is 0.875. The number of hydrogen-bond acceptors (Lipinski definition) is 2. The summed E-state index contributed by atoms with van der Waals surface area (Å²) < 4.78 is 1.63. The molecule has 1 N–H and O–H groups in total. The van der Waals surface area contributed by atoms with Gasteiger partial charge in [0.15, 0.2) is 0 Å². The van der Waals surface area contributed by atoms with Gasteiger partial charge in [-0.2, -0.15) is 5.10 Å². The number of aryl methyl sites for hydroxylation is 1. The zero-order valence-electron chi connectivity index (χ0n) is 10.9. The minimum atomic E-state index is -1.03. The average molecular weight is 311 g/mol. The SMILES string of the molecule is Cc1nn(-c2c(Cl)cccc2/C=C/C(=O)O)c(C)c1Cl. The molecule has 0 aliphatic heterocycles. The molecule has 2 rings (SSSR count). The van der Waals surface area contributed by atoms with E-state index in [9.17, 15) is 4.79 Å². The first-order valence-electron chi connectivity index (χ1n) is 5.83. The zero-order valence-corrected chi connectivity index (χ0v) is 12.4. The van der Waals surface area contributed by atoms with Crippen molar-refractivity contribution in [2.45, 2.75) is 13.8 Å². The third-order valence-corrected chi connectivity index (χ3v) is 3.69. The predicted molar refractivity (Wildman–Crippen MR) is 79.7 cm³/mol. The molecule has 0 radical (unpaired) electrons. The van der Waals surface area contributed by atoms with E-state index in [1.165, 1.54) is 6.08 Å². The fraction of sp³-hybridized carbons (Fsp3) is 0.143. The largest absolute Gasteiger partial charge is 0.478 e. The van der Waals surface area contributed by atoms with Crippen molar-refractivity contribution in [1.82, 2.24) is 9.78 Å². The van der Waals surface area contributed by atoms with Crippen LogP contribution in [0.2, 0.25) is 10.0 Å². The minimum Gasteiger partial charge on any atom is -0.478 e. The van der Waals surface area contributed by atoms with Gasteiger partial charge in [-0.3, -0.25) is 0 Å². The van der Waals surface area contributed by atoms with Crippen molar-refractivity contribution in [1.29, 1.82) is 0 Å². The van der Waals surface area contributed by atoms with Crippen LogP contribution in [-0.4, -0.2) is 20.9 Å². The summed E-state index contributed by atoms with van der Waals surface area (Å²) in [4.78, 5) is 10.7. The Kier molecular flexibility index (Phi) is 4.16. The third-order valence-electron chi connectivity index (χ3n) is 2.84. The normalized spacial score (nSPS) is 11.2. The van der Waals surface area contributed by atoms with Crippen LogP contribution in [0.25, 0.3) is 11.8 Å². The van der Waals surface area contributed by atoms with Crippen LogP contribution < -0.4 is 0 Å². The summed E-state index contributed by atoms with van der Waals surface area (Å²) in [6, 6.07) is 5.24. The Hall–Kier alpha value is -1.78. The Morgan fingerprint density at radius 2 is 2.05 bits per heavy atom. The number of para-hydroxylation sites is 1. The lowest BCUT2D eigenvalue weighted by Crippen LogP contribution is -2.03. The molecule has 0 amide bonds. The lowest BCUT2D eigenvalue weighted by atomic mass is 10.1. The van der Waals surface area contributed by atoms with E-state index in [1.807, 2.05) is 6.92 Å². The number of carboxylic acid groups (broad SMARTS) is 1. The number of halogens is 2. The van der Waals surface area contributed by atoms with Gasteiger partial charge in [0.05, 0.1) is 27.1 Å². The summed E-state index contributed by atoms with van der Waals surface area (Å²) in [5.41, 5.74) is 2.71. The highest BCUT2D eigenvalue weighted by Gasteiger charge is 2.15. The molecule has 0 bridgehead atoms. The Morgan fingerprint density at radius 1 is 1.35 bits per heavy atom. The lowest BCUT2D eigenvalue weighted by molar-refractivity contribution is -0.131. The molecule has 0 spiro atoms. The fourth-order valence-corrected chi connectivity index (χ4v) is 2.27. The average Bonchev–Trinajstić information content (AvgIpc) is 2.64. The van der Waals surface area contributed by atoms with Gasteiger partial charge >= 0.3 is 5.97 Å². The molecule has 0 aliphatic carbocycles. The maximum absolute atomic E-state index is 10.7. The van der Waals surface area contributed by atoms with Crippen LogP contribution in [0.15, 0.2) is 24.3 Å². The second kappa shape index (κ2) is 5.69. The van der Waals surface area contributed by atoms with E-state index < -0.39 is 5.97 Å². The van der Waals surface area contributed by atoms with E-state index in [0.29, 0.717) is 27.0 Å². The molecule has 0 atom stereocenters. The van der Waals surface area contributed by atoms with Crippen LogP contribution in [0.5, 0.6) is 0 Å². The standard InChI is InChI=1S/C14H12Cl2N2O2/c1-8-13(16)9(2)18(17-8)14-10(6-7-12(19)20)4-3-5-11(14)15/h3-7H,1-2H3,(H,19,20)/b7-6+. The van der Waals surface area contributed by atoms with Crippen molar-refractivity contribution in [3.8, 4) is 5.69 Å². The Bertz CT molecular complexity index is 705. The smallest absolute Gasteiger partial charge is 0.328 e. The number of nitrogens with zero attached hydrogens (tertiary/aromatic N) is 2. The molecule has 0 unspecified atom stereocenters.